The third kappa shape index (κ3) is 2.30. The first-order valence-corrected chi connectivity index (χ1v) is 6.92. The average Bonchev–Trinajstić information content (AvgIpc) is 3.18. The van der Waals surface area contributed by atoms with Gasteiger partial charge in [0.15, 0.2) is 11.5 Å². The molecule has 0 amide bonds. The van der Waals surface area contributed by atoms with Crippen molar-refractivity contribution in [3.05, 3.63) is 22.2 Å². The molecular formula is C15H18ClNO3. The number of hydrogen-bond donors (Lipinski definition) is 0. The lowest BCUT2D eigenvalue weighted by Gasteiger charge is -2.22. The first-order chi connectivity index (χ1) is 9.50. The van der Waals surface area contributed by atoms with Crippen molar-refractivity contribution in [1.82, 2.24) is 0 Å². The Balaban J connectivity index is 2.73. The van der Waals surface area contributed by atoms with Crippen LogP contribution in [-0.4, -0.2) is 20.3 Å². The van der Waals surface area contributed by atoms with Crippen LogP contribution >= 0.6 is 11.6 Å². The molecule has 108 valence electrons. The molecule has 0 N–H and O–H groups in total. The number of nitrogens with zero attached hydrogens (tertiary/aromatic N) is 1. The Morgan fingerprint density at radius 3 is 2.40 bits per heavy atom. The molecule has 5 heteroatoms. The highest BCUT2D eigenvalue weighted by Gasteiger charge is 2.47. The molecule has 1 aromatic rings. The van der Waals surface area contributed by atoms with E-state index in [0.29, 0.717) is 16.5 Å². The van der Waals surface area contributed by atoms with E-state index in [1.165, 1.54) is 0 Å². The second-order valence-electron chi connectivity index (χ2n) is 5.28. The lowest BCUT2D eigenvalue weighted by atomic mass is 9.90. The van der Waals surface area contributed by atoms with Gasteiger partial charge in [0.1, 0.15) is 0 Å². The summed E-state index contributed by atoms with van der Waals surface area (Å²) in [7, 11) is 3.12. The number of isocyanates is 1. The van der Waals surface area contributed by atoms with E-state index in [-0.39, 0.29) is 5.92 Å². The molecule has 1 aromatic carbocycles. The fourth-order valence-electron chi connectivity index (χ4n) is 2.56. The van der Waals surface area contributed by atoms with Crippen LogP contribution in [0.2, 0.25) is 5.02 Å². The quantitative estimate of drug-likeness (QED) is 0.613. The minimum atomic E-state index is -0.482. The van der Waals surface area contributed by atoms with E-state index in [0.717, 1.165) is 24.0 Å². The van der Waals surface area contributed by atoms with E-state index in [2.05, 4.69) is 18.8 Å². The first kappa shape index (κ1) is 14.9. The summed E-state index contributed by atoms with van der Waals surface area (Å²) in [6.45, 7) is 4.11. The Labute approximate surface area is 123 Å². The molecule has 20 heavy (non-hydrogen) atoms. The smallest absolute Gasteiger partial charge is 0.235 e. The minimum absolute atomic E-state index is 0.191. The Hall–Kier alpha value is -1.51. The van der Waals surface area contributed by atoms with Crippen LogP contribution in [0.15, 0.2) is 11.1 Å². The fraction of sp³-hybridized carbons (Fsp3) is 0.533. The van der Waals surface area contributed by atoms with Gasteiger partial charge >= 0.3 is 0 Å². The van der Waals surface area contributed by atoms with Crippen molar-refractivity contribution in [3.63, 3.8) is 0 Å². The average molecular weight is 296 g/mol. The normalized spacial score (nSPS) is 15.7. The van der Waals surface area contributed by atoms with Gasteiger partial charge in [-0.1, -0.05) is 25.4 Å². The summed E-state index contributed by atoms with van der Waals surface area (Å²) >= 11 is 6.48. The molecule has 0 heterocycles. The van der Waals surface area contributed by atoms with Crippen LogP contribution in [-0.2, 0) is 10.3 Å². The van der Waals surface area contributed by atoms with Gasteiger partial charge in [0.2, 0.25) is 6.08 Å². The fourth-order valence-corrected chi connectivity index (χ4v) is 3.05. The predicted molar refractivity (Wildman–Crippen MR) is 77.7 cm³/mol. The summed E-state index contributed by atoms with van der Waals surface area (Å²) in [6, 6.07) is 1.88. The lowest BCUT2D eigenvalue weighted by molar-refractivity contribution is 0.353. The SMILES string of the molecule is COc1cc(C2(N=C=O)CC2)c(C(C)C)c(Cl)c1OC. The van der Waals surface area contributed by atoms with Crippen LogP contribution in [0.3, 0.4) is 0 Å². The largest absolute Gasteiger partial charge is 0.493 e. The van der Waals surface area contributed by atoms with Gasteiger partial charge in [-0.2, -0.15) is 4.99 Å². The summed E-state index contributed by atoms with van der Waals surface area (Å²) in [4.78, 5) is 14.7. The van der Waals surface area contributed by atoms with Crippen molar-refractivity contribution in [1.29, 1.82) is 0 Å². The third-order valence-electron chi connectivity index (χ3n) is 3.71. The minimum Gasteiger partial charge on any atom is -0.493 e. The monoisotopic (exact) mass is 295 g/mol. The Bertz CT molecular complexity index is 573. The number of halogens is 1. The maximum atomic E-state index is 10.7. The van der Waals surface area contributed by atoms with E-state index < -0.39 is 5.54 Å². The number of benzene rings is 1. The molecule has 1 aliphatic rings. The van der Waals surface area contributed by atoms with Gasteiger partial charge in [-0.3, -0.25) is 0 Å². The number of carbonyl (C=O) groups excluding carboxylic acids is 1. The van der Waals surface area contributed by atoms with Gasteiger partial charge in [-0.25, -0.2) is 4.79 Å². The van der Waals surface area contributed by atoms with Crippen LogP contribution in [0.1, 0.15) is 43.7 Å². The molecule has 0 atom stereocenters. The van der Waals surface area contributed by atoms with E-state index >= 15 is 0 Å². The van der Waals surface area contributed by atoms with Gasteiger partial charge in [-0.05, 0) is 36.0 Å². The zero-order valence-electron chi connectivity index (χ0n) is 12.1. The van der Waals surface area contributed by atoms with Crippen LogP contribution in [0.25, 0.3) is 0 Å². The molecular weight excluding hydrogens is 278 g/mol. The Kier molecular flexibility index (Phi) is 4.07. The molecule has 4 nitrogen and oxygen atoms in total. The zero-order valence-corrected chi connectivity index (χ0v) is 12.9. The number of methoxy groups -OCH3 is 2. The highest BCUT2D eigenvalue weighted by molar-refractivity contribution is 6.33. The van der Waals surface area contributed by atoms with Gasteiger partial charge in [0.25, 0.3) is 0 Å². The van der Waals surface area contributed by atoms with Gasteiger partial charge in [-0.15, -0.1) is 0 Å². The second-order valence-corrected chi connectivity index (χ2v) is 5.65. The number of hydrogen-bond acceptors (Lipinski definition) is 4. The van der Waals surface area contributed by atoms with Crippen LogP contribution in [0, 0.1) is 0 Å². The maximum Gasteiger partial charge on any atom is 0.235 e. The number of ether oxygens (including phenoxy) is 2. The van der Waals surface area contributed by atoms with Crippen molar-refractivity contribution in [2.24, 2.45) is 4.99 Å². The van der Waals surface area contributed by atoms with Crippen molar-refractivity contribution < 1.29 is 14.3 Å². The van der Waals surface area contributed by atoms with Crippen LogP contribution in [0.4, 0.5) is 0 Å². The first-order valence-electron chi connectivity index (χ1n) is 6.54. The molecule has 0 aromatic heterocycles. The summed E-state index contributed by atoms with van der Waals surface area (Å²) in [6.07, 6.45) is 3.33. The molecule has 0 spiro atoms. The summed E-state index contributed by atoms with van der Waals surface area (Å²) < 4.78 is 10.7. The molecule has 2 rings (SSSR count). The zero-order chi connectivity index (χ0) is 14.9. The van der Waals surface area contributed by atoms with E-state index in [1.807, 2.05) is 6.07 Å². The van der Waals surface area contributed by atoms with Crippen molar-refractivity contribution >= 4 is 17.7 Å². The van der Waals surface area contributed by atoms with Gasteiger partial charge in [0.05, 0.1) is 24.8 Å². The molecule has 1 fully saturated rings. The summed E-state index contributed by atoms with van der Waals surface area (Å²) in [5.74, 6) is 1.27. The summed E-state index contributed by atoms with van der Waals surface area (Å²) in [5, 5.41) is 0.532. The predicted octanol–water partition coefficient (Wildman–Crippen LogP) is 3.81. The maximum absolute atomic E-state index is 10.7. The van der Waals surface area contributed by atoms with E-state index in [1.54, 1.807) is 20.3 Å². The Morgan fingerprint density at radius 1 is 1.35 bits per heavy atom. The second kappa shape index (κ2) is 5.47. The van der Waals surface area contributed by atoms with E-state index in [9.17, 15) is 4.79 Å². The Morgan fingerprint density at radius 2 is 2.00 bits per heavy atom. The van der Waals surface area contributed by atoms with Crippen molar-refractivity contribution in [2.75, 3.05) is 14.2 Å². The van der Waals surface area contributed by atoms with Crippen molar-refractivity contribution in [2.45, 2.75) is 38.1 Å². The molecule has 0 aliphatic heterocycles. The topological polar surface area (TPSA) is 47.9 Å². The molecule has 1 aliphatic carbocycles. The van der Waals surface area contributed by atoms with Crippen molar-refractivity contribution in [3.8, 4) is 11.5 Å². The number of aliphatic imine (C=N–C) groups is 1. The standard InChI is InChI=1S/C15H18ClNO3/c1-9(2)12-10(15(5-6-15)17-8-18)7-11(19-3)14(20-4)13(12)16/h7,9H,5-6H2,1-4H3. The third-order valence-corrected chi connectivity index (χ3v) is 4.09. The molecule has 1 saturated carbocycles. The number of rotatable bonds is 5. The highest BCUT2D eigenvalue weighted by atomic mass is 35.5. The van der Waals surface area contributed by atoms with Gasteiger partial charge in [0, 0.05) is 0 Å². The summed E-state index contributed by atoms with van der Waals surface area (Å²) in [5.41, 5.74) is 1.42. The highest BCUT2D eigenvalue weighted by Crippen LogP contribution is 2.55. The van der Waals surface area contributed by atoms with Gasteiger partial charge < -0.3 is 9.47 Å². The van der Waals surface area contributed by atoms with Crippen LogP contribution < -0.4 is 9.47 Å². The van der Waals surface area contributed by atoms with E-state index in [4.69, 9.17) is 21.1 Å². The molecule has 0 saturated heterocycles. The molecule has 0 radical (unpaired) electrons. The lowest BCUT2D eigenvalue weighted by Crippen LogP contribution is -2.10. The molecule has 0 bridgehead atoms. The molecule has 0 unspecified atom stereocenters. The van der Waals surface area contributed by atoms with Crippen LogP contribution in [0.5, 0.6) is 11.5 Å².